The third kappa shape index (κ3) is 3.53. The van der Waals surface area contributed by atoms with Crippen LogP contribution in [0.2, 0.25) is 0 Å². The summed E-state index contributed by atoms with van der Waals surface area (Å²) in [5, 5.41) is 3.09. The van der Waals surface area contributed by atoms with Crippen molar-refractivity contribution in [2.45, 2.75) is 60.8 Å². The molecule has 3 aromatic heterocycles. The van der Waals surface area contributed by atoms with Crippen LogP contribution in [0.3, 0.4) is 0 Å². The Bertz CT molecular complexity index is 1080. The van der Waals surface area contributed by atoms with E-state index in [-0.39, 0.29) is 11.2 Å². The molecule has 1 unspecified atom stereocenters. The lowest BCUT2D eigenvalue weighted by Crippen LogP contribution is -2.27. The molecule has 0 radical (unpaired) electrons. The number of nitrogens with two attached hydrogens (primary N) is 1. The Hall–Kier alpha value is -1.72. The van der Waals surface area contributed by atoms with Crippen LogP contribution in [0.5, 0.6) is 0 Å². The van der Waals surface area contributed by atoms with Gasteiger partial charge in [0.1, 0.15) is 4.83 Å². The second kappa shape index (κ2) is 6.92. The summed E-state index contributed by atoms with van der Waals surface area (Å²) in [6, 6.07) is 4.25. The fourth-order valence-electron chi connectivity index (χ4n) is 4.27. The molecule has 0 spiro atoms. The van der Waals surface area contributed by atoms with E-state index in [1.807, 2.05) is 20.8 Å². The largest absolute Gasteiger partial charge is 0.397 e. The quantitative estimate of drug-likeness (QED) is 0.449. The number of ketones is 1. The first kappa shape index (κ1) is 20.5. The Balaban J connectivity index is 1.98. The number of fused-ring (bicyclic) bond motifs is 2. The van der Waals surface area contributed by atoms with E-state index in [1.54, 1.807) is 11.3 Å². The number of thiophene rings is 2. The fraction of sp³-hybridized carbons (Fsp3) is 0.500. The number of nitrogens with zero attached hydrogens (tertiary/aromatic N) is 1. The summed E-state index contributed by atoms with van der Waals surface area (Å²) < 4.78 is 0. The van der Waals surface area contributed by atoms with Crippen LogP contribution in [-0.2, 0) is 12.8 Å². The van der Waals surface area contributed by atoms with E-state index in [4.69, 9.17) is 10.7 Å². The van der Waals surface area contributed by atoms with Crippen molar-refractivity contribution in [3.63, 3.8) is 0 Å². The number of rotatable bonds is 2. The van der Waals surface area contributed by atoms with E-state index in [2.05, 4.69) is 38.3 Å². The number of hydrogen-bond acceptors (Lipinski definition) is 5. The second-order valence-electron chi connectivity index (χ2n) is 10.3. The predicted molar refractivity (Wildman–Crippen MR) is 126 cm³/mol. The second-order valence-corrected chi connectivity index (χ2v) is 12.2. The Labute approximate surface area is 181 Å². The van der Waals surface area contributed by atoms with Crippen LogP contribution in [0.25, 0.3) is 20.7 Å². The van der Waals surface area contributed by atoms with E-state index >= 15 is 0 Å². The smallest absolute Gasteiger partial charge is 0.180 e. The number of nitrogen functional groups attached to an aromatic ring is 1. The van der Waals surface area contributed by atoms with Gasteiger partial charge in [-0.15, -0.1) is 22.7 Å². The molecule has 2 N–H and O–H groups in total. The molecule has 3 nitrogen and oxygen atoms in total. The molecule has 5 heteroatoms. The number of pyridine rings is 1. The number of aromatic nitrogens is 1. The van der Waals surface area contributed by atoms with Crippen LogP contribution in [0.1, 0.15) is 68.9 Å². The van der Waals surface area contributed by atoms with Gasteiger partial charge in [0.2, 0.25) is 0 Å². The number of carbonyl (C=O) groups is 1. The van der Waals surface area contributed by atoms with Gasteiger partial charge in [-0.2, -0.15) is 0 Å². The van der Waals surface area contributed by atoms with E-state index in [0.29, 0.717) is 16.5 Å². The van der Waals surface area contributed by atoms with Crippen molar-refractivity contribution < 1.29 is 4.79 Å². The number of carbonyl (C=O) groups excluding carboxylic acids is 1. The van der Waals surface area contributed by atoms with Gasteiger partial charge >= 0.3 is 0 Å². The molecule has 1 aliphatic carbocycles. The van der Waals surface area contributed by atoms with Gasteiger partial charge in [0.25, 0.3) is 0 Å². The van der Waals surface area contributed by atoms with Crippen LogP contribution in [0.15, 0.2) is 17.5 Å². The SMILES string of the molecule is CC(C)(C)C(=O)c1sc2nc3c(c(-c4cccs4)c2c1N)CCC(C(C)(C)C)C3. The molecule has 0 aliphatic heterocycles. The van der Waals surface area contributed by atoms with E-state index in [0.717, 1.165) is 23.1 Å². The van der Waals surface area contributed by atoms with Crippen molar-refractivity contribution in [2.24, 2.45) is 16.7 Å². The first-order valence-electron chi connectivity index (χ1n) is 10.3. The molecule has 3 heterocycles. The summed E-state index contributed by atoms with van der Waals surface area (Å²) >= 11 is 3.21. The molecule has 29 heavy (non-hydrogen) atoms. The summed E-state index contributed by atoms with van der Waals surface area (Å²) in [6.07, 6.45) is 3.18. The third-order valence-electron chi connectivity index (χ3n) is 6.13. The maximum atomic E-state index is 13.1. The molecule has 0 saturated heterocycles. The Morgan fingerprint density at radius 1 is 1.21 bits per heavy atom. The van der Waals surface area contributed by atoms with Crippen LogP contribution in [0, 0.1) is 16.7 Å². The summed E-state index contributed by atoms with van der Waals surface area (Å²) in [5.41, 5.74) is 10.8. The molecule has 3 aromatic rings. The molecular weight excluding hydrogens is 396 g/mol. The summed E-state index contributed by atoms with van der Waals surface area (Å²) in [5.74, 6) is 0.713. The van der Waals surface area contributed by atoms with Gasteiger partial charge < -0.3 is 5.73 Å². The zero-order valence-corrected chi connectivity index (χ0v) is 19.8. The molecule has 1 atom stereocenters. The first-order chi connectivity index (χ1) is 13.5. The molecular formula is C24H30N2OS2. The fourth-order valence-corrected chi connectivity index (χ4v) is 6.35. The molecule has 0 fully saturated rings. The normalized spacial score (nSPS) is 17.5. The molecule has 154 valence electrons. The zero-order chi connectivity index (χ0) is 21.1. The Kier molecular flexibility index (Phi) is 4.90. The number of anilines is 1. The van der Waals surface area contributed by atoms with Crippen molar-refractivity contribution in [2.75, 3.05) is 5.73 Å². The Morgan fingerprint density at radius 3 is 2.52 bits per heavy atom. The highest BCUT2D eigenvalue weighted by Crippen LogP contribution is 2.48. The Morgan fingerprint density at radius 2 is 1.93 bits per heavy atom. The standard InChI is InChI=1S/C24H30N2OS2/c1-23(2,3)13-9-10-14-15(12-13)26-22-18(17(14)16-8-7-11-28-16)19(25)20(29-22)21(27)24(4,5)6/h7-8,11,13H,9-10,12,25H2,1-6H3. The first-order valence-corrected chi connectivity index (χ1v) is 12.0. The zero-order valence-electron chi connectivity index (χ0n) is 18.2. The summed E-state index contributed by atoms with van der Waals surface area (Å²) in [4.78, 5) is 20.9. The number of Topliss-reactive ketones (excluding diaryl/α,β-unsaturated/α-hetero) is 1. The van der Waals surface area contributed by atoms with Gasteiger partial charge in [-0.1, -0.05) is 47.6 Å². The van der Waals surface area contributed by atoms with Gasteiger partial charge in [-0.25, -0.2) is 4.98 Å². The van der Waals surface area contributed by atoms with E-state index < -0.39 is 5.41 Å². The maximum absolute atomic E-state index is 13.1. The molecule has 0 amide bonds. The van der Waals surface area contributed by atoms with Crippen LogP contribution in [-0.4, -0.2) is 10.8 Å². The lowest BCUT2D eigenvalue weighted by molar-refractivity contribution is 0.0863. The van der Waals surface area contributed by atoms with Crippen molar-refractivity contribution in [3.05, 3.63) is 33.6 Å². The molecule has 4 rings (SSSR count). The molecule has 0 bridgehead atoms. The van der Waals surface area contributed by atoms with E-state index in [1.165, 1.54) is 39.5 Å². The van der Waals surface area contributed by atoms with Gasteiger partial charge in [0.15, 0.2) is 5.78 Å². The lowest BCUT2D eigenvalue weighted by Gasteiger charge is -2.35. The maximum Gasteiger partial charge on any atom is 0.180 e. The van der Waals surface area contributed by atoms with Gasteiger partial charge in [0, 0.05) is 26.9 Å². The highest BCUT2D eigenvalue weighted by molar-refractivity contribution is 7.21. The minimum atomic E-state index is -0.463. The van der Waals surface area contributed by atoms with E-state index in [9.17, 15) is 4.79 Å². The van der Waals surface area contributed by atoms with Gasteiger partial charge in [-0.3, -0.25) is 4.79 Å². The molecule has 1 aliphatic rings. The van der Waals surface area contributed by atoms with Gasteiger partial charge in [-0.05, 0) is 47.6 Å². The van der Waals surface area contributed by atoms with Crippen LogP contribution in [0.4, 0.5) is 5.69 Å². The third-order valence-corrected chi connectivity index (χ3v) is 8.11. The summed E-state index contributed by atoms with van der Waals surface area (Å²) in [6.45, 7) is 12.8. The average molecular weight is 427 g/mol. The summed E-state index contributed by atoms with van der Waals surface area (Å²) in [7, 11) is 0. The lowest BCUT2D eigenvalue weighted by atomic mass is 9.71. The van der Waals surface area contributed by atoms with Crippen molar-refractivity contribution in [1.82, 2.24) is 4.98 Å². The van der Waals surface area contributed by atoms with Crippen LogP contribution >= 0.6 is 22.7 Å². The van der Waals surface area contributed by atoms with Crippen molar-refractivity contribution in [3.8, 4) is 10.4 Å². The highest BCUT2D eigenvalue weighted by Gasteiger charge is 2.34. The molecule has 0 saturated carbocycles. The average Bonchev–Trinajstić information content (AvgIpc) is 3.26. The van der Waals surface area contributed by atoms with Crippen LogP contribution < -0.4 is 5.73 Å². The highest BCUT2D eigenvalue weighted by atomic mass is 32.1. The minimum Gasteiger partial charge on any atom is -0.397 e. The minimum absolute atomic E-state index is 0.0978. The van der Waals surface area contributed by atoms with Crippen molar-refractivity contribution >= 4 is 44.4 Å². The molecule has 0 aromatic carbocycles. The van der Waals surface area contributed by atoms with Crippen molar-refractivity contribution in [1.29, 1.82) is 0 Å². The topological polar surface area (TPSA) is 56.0 Å². The monoisotopic (exact) mass is 426 g/mol. The number of hydrogen-bond donors (Lipinski definition) is 1. The predicted octanol–water partition coefficient (Wildman–Crippen LogP) is 6.99. The van der Waals surface area contributed by atoms with Gasteiger partial charge in [0.05, 0.1) is 10.6 Å².